The molecule has 1 N–H and O–H groups in total. The number of hydrogen-bond donors (Lipinski definition) is 1. The summed E-state index contributed by atoms with van der Waals surface area (Å²) in [5.41, 5.74) is 0.0621. The van der Waals surface area contributed by atoms with Gasteiger partial charge in [0.15, 0.2) is 6.61 Å². The minimum atomic E-state index is -4.42. The van der Waals surface area contributed by atoms with E-state index in [0.717, 1.165) is 18.2 Å². The minimum absolute atomic E-state index is 0.387. The molecule has 0 heterocycles. The SMILES string of the molecule is O=C(COC(=O)/C=C/c1ccc(C(F)(F)F)cc1)Nc1cccc(Cl)c1. The van der Waals surface area contributed by atoms with Gasteiger partial charge in [0, 0.05) is 16.8 Å². The van der Waals surface area contributed by atoms with E-state index in [-0.39, 0.29) is 0 Å². The van der Waals surface area contributed by atoms with Crippen molar-refractivity contribution in [1.82, 2.24) is 0 Å². The van der Waals surface area contributed by atoms with Gasteiger partial charge in [0.2, 0.25) is 0 Å². The first-order chi connectivity index (χ1) is 12.2. The van der Waals surface area contributed by atoms with E-state index in [1.807, 2.05) is 0 Å². The maximum Gasteiger partial charge on any atom is 0.416 e. The zero-order valence-corrected chi connectivity index (χ0v) is 14.0. The average molecular weight is 384 g/mol. The number of amides is 1. The van der Waals surface area contributed by atoms with Crippen LogP contribution >= 0.6 is 11.6 Å². The third-order valence-electron chi connectivity index (χ3n) is 3.10. The van der Waals surface area contributed by atoms with E-state index >= 15 is 0 Å². The molecule has 0 radical (unpaired) electrons. The highest BCUT2D eigenvalue weighted by Gasteiger charge is 2.29. The topological polar surface area (TPSA) is 55.4 Å². The van der Waals surface area contributed by atoms with E-state index in [4.69, 9.17) is 16.3 Å². The summed E-state index contributed by atoms with van der Waals surface area (Å²) >= 11 is 5.78. The molecule has 0 spiro atoms. The number of nitrogens with one attached hydrogen (secondary N) is 1. The number of alkyl halides is 3. The molecular weight excluding hydrogens is 371 g/mol. The quantitative estimate of drug-likeness (QED) is 0.608. The number of hydrogen-bond acceptors (Lipinski definition) is 3. The lowest BCUT2D eigenvalue weighted by atomic mass is 10.1. The van der Waals surface area contributed by atoms with Crippen LogP contribution < -0.4 is 5.32 Å². The number of esters is 1. The zero-order valence-electron chi connectivity index (χ0n) is 13.2. The predicted octanol–water partition coefficient (Wildman–Crippen LogP) is 4.55. The van der Waals surface area contributed by atoms with Crippen molar-refractivity contribution in [1.29, 1.82) is 0 Å². The highest BCUT2D eigenvalue weighted by Crippen LogP contribution is 2.29. The fourth-order valence-electron chi connectivity index (χ4n) is 1.90. The van der Waals surface area contributed by atoms with Crippen molar-refractivity contribution in [2.45, 2.75) is 6.18 Å². The summed E-state index contributed by atoms with van der Waals surface area (Å²) in [6, 6.07) is 10.7. The Morgan fingerprint density at radius 2 is 1.81 bits per heavy atom. The second kappa shape index (κ2) is 8.53. The van der Waals surface area contributed by atoms with Crippen LogP contribution in [0.15, 0.2) is 54.6 Å². The van der Waals surface area contributed by atoms with Gasteiger partial charge in [-0.1, -0.05) is 29.8 Å². The van der Waals surface area contributed by atoms with Gasteiger partial charge in [-0.25, -0.2) is 4.79 Å². The lowest BCUT2D eigenvalue weighted by Crippen LogP contribution is -2.20. The molecule has 2 aromatic rings. The van der Waals surface area contributed by atoms with Gasteiger partial charge in [-0.2, -0.15) is 13.2 Å². The van der Waals surface area contributed by atoms with E-state index in [9.17, 15) is 22.8 Å². The van der Waals surface area contributed by atoms with E-state index in [0.29, 0.717) is 16.3 Å². The highest BCUT2D eigenvalue weighted by molar-refractivity contribution is 6.30. The minimum Gasteiger partial charge on any atom is -0.452 e. The van der Waals surface area contributed by atoms with Crippen LogP contribution in [-0.2, 0) is 20.5 Å². The van der Waals surface area contributed by atoms with E-state index in [2.05, 4.69) is 5.32 Å². The third kappa shape index (κ3) is 6.25. The van der Waals surface area contributed by atoms with Crippen molar-refractivity contribution in [2.75, 3.05) is 11.9 Å². The van der Waals surface area contributed by atoms with E-state index in [1.54, 1.807) is 18.2 Å². The summed E-state index contributed by atoms with van der Waals surface area (Å²) in [4.78, 5) is 23.2. The number of halogens is 4. The highest BCUT2D eigenvalue weighted by atomic mass is 35.5. The molecule has 0 aromatic heterocycles. The second-order valence-corrected chi connectivity index (χ2v) is 5.56. The number of benzene rings is 2. The number of carbonyl (C=O) groups excluding carboxylic acids is 2. The van der Waals surface area contributed by atoms with Crippen molar-refractivity contribution >= 4 is 35.2 Å². The predicted molar refractivity (Wildman–Crippen MR) is 91.5 cm³/mol. The fraction of sp³-hybridized carbons (Fsp3) is 0.111. The first-order valence-electron chi connectivity index (χ1n) is 7.31. The molecule has 0 saturated heterocycles. The van der Waals surface area contributed by atoms with Crippen LogP contribution in [0.3, 0.4) is 0 Å². The third-order valence-corrected chi connectivity index (χ3v) is 3.34. The Morgan fingerprint density at radius 1 is 1.12 bits per heavy atom. The zero-order chi connectivity index (χ0) is 19.2. The van der Waals surface area contributed by atoms with Gasteiger partial charge in [0.1, 0.15) is 0 Å². The molecule has 2 rings (SSSR count). The number of rotatable bonds is 5. The molecule has 26 heavy (non-hydrogen) atoms. The van der Waals surface area contributed by atoms with Crippen LogP contribution in [0.25, 0.3) is 6.08 Å². The summed E-state index contributed by atoms with van der Waals surface area (Å²) in [5.74, 6) is -1.35. The molecule has 0 fully saturated rings. The molecule has 2 aromatic carbocycles. The van der Waals surface area contributed by atoms with Gasteiger partial charge >= 0.3 is 12.1 Å². The molecule has 1 amide bonds. The van der Waals surface area contributed by atoms with E-state index in [1.165, 1.54) is 24.3 Å². The number of anilines is 1. The molecule has 0 atom stereocenters. The summed E-state index contributed by atoms with van der Waals surface area (Å²) in [5, 5.41) is 2.94. The monoisotopic (exact) mass is 383 g/mol. The summed E-state index contributed by atoms with van der Waals surface area (Å²) in [6.07, 6.45) is -2.11. The van der Waals surface area contributed by atoms with Gasteiger partial charge in [-0.15, -0.1) is 0 Å². The van der Waals surface area contributed by atoms with Crippen LogP contribution in [0.4, 0.5) is 18.9 Å². The normalized spacial score (nSPS) is 11.4. The first kappa shape index (κ1) is 19.5. The van der Waals surface area contributed by atoms with Crippen LogP contribution in [0.5, 0.6) is 0 Å². The summed E-state index contributed by atoms with van der Waals surface area (Å²) in [6.45, 7) is -0.511. The van der Waals surface area contributed by atoms with Crippen molar-refractivity contribution in [3.05, 3.63) is 70.8 Å². The van der Waals surface area contributed by atoms with Crippen LogP contribution in [0.1, 0.15) is 11.1 Å². The number of carbonyl (C=O) groups is 2. The molecular formula is C18H13ClF3NO3. The molecule has 136 valence electrons. The molecule has 0 unspecified atom stereocenters. The molecule has 0 aliphatic heterocycles. The first-order valence-corrected chi connectivity index (χ1v) is 7.69. The Bertz CT molecular complexity index is 817. The van der Waals surface area contributed by atoms with Gasteiger partial charge in [0.05, 0.1) is 5.56 Å². The average Bonchev–Trinajstić information content (AvgIpc) is 2.58. The van der Waals surface area contributed by atoms with Gasteiger partial charge < -0.3 is 10.1 Å². The van der Waals surface area contributed by atoms with Gasteiger partial charge in [-0.05, 0) is 42.0 Å². The number of ether oxygens (including phenoxy) is 1. The van der Waals surface area contributed by atoms with Crippen LogP contribution in [0.2, 0.25) is 5.02 Å². The summed E-state index contributed by atoms with van der Waals surface area (Å²) < 4.78 is 42.1. The van der Waals surface area contributed by atoms with Crippen LogP contribution in [-0.4, -0.2) is 18.5 Å². The van der Waals surface area contributed by atoms with Gasteiger partial charge in [0.25, 0.3) is 5.91 Å². The molecule has 0 saturated carbocycles. The maximum absolute atomic E-state index is 12.5. The Labute approximate surface area is 152 Å². The van der Waals surface area contributed by atoms with Crippen molar-refractivity contribution in [2.24, 2.45) is 0 Å². The maximum atomic E-state index is 12.5. The van der Waals surface area contributed by atoms with Crippen LogP contribution in [0, 0.1) is 0 Å². The lowest BCUT2D eigenvalue weighted by Gasteiger charge is -2.06. The smallest absolute Gasteiger partial charge is 0.416 e. The van der Waals surface area contributed by atoms with Crippen molar-refractivity contribution in [3.63, 3.8) is 0 Å². The lowest BCUT2D eigenvalue weighted by molar-refractivity contribution is -0.142. The Balaban J connectivity index is 1.82. The standard InChI is InChI=1S/C18H13ClF3NO3/c19-14-2-1-3-15(10-14)23-16(24)11-26-17(25)9-6-12-4-7-13(8-5-12)18(20,21)22/h1-10H,11H2,(H,23,24)/b9-6+. The Kier molecular flexibility index (Phi) is 6.41. The fourth-order valence-corrected chi connectivity index (χ4v) is 2.09. The molecule has 0 aliphatic carbocycles. The largest absolute Gasteiger partial charge is 0.452 e. The molecule has 4 nitrogen and oxygen atoms in total. The molecule has 0 aliphatic rings. The van der Waals surface area contributed by atoms with Crippen molar-refractivity contribution < 1.29 is 27.5 Å². The van der Waals surface area contributed by atoms with Crippen molar-refractivity contribution in [3.8, 4) is 0 Å². The molecule has 0 bridgehead atoms. The Morgan fingerprint density at radius 3 is 2.42 bits per heavy atom. The molecule has 8 heteroatoms. The van der Waals surface area contributed by atoms with Gasteiger partial charge in [-0.3, -0.25) is 4.79 Å². The Hall–Kier alpha value is -2.80. The second-order valence-electron chi connectivity index (χ2n) is 5.12. The summed E-state index contributed by atoms with van der Waals surface area (Å²) in [7, 11) is 0. The van der Waals surface area contributed by atoms with E-state index < -0.39 is 30.2 Å².